The average Bonchev–Trinajstić information content (AvgIpc) is 2.83. The van der Waals surface area contributed by atoms with Crippen LogP contribution in [0.3, 0.4) is 0 Å². The fourth-order valence-corrected chi connectivity index (χ4v) is 4.40. The molecule has 0 fully saturated rings. The molecule has 0 amide bonds. The maximum absolute atomic E-state index is 14.4. The Morgan fingerprint density at radius 2 is 1.94 bits per heavy atom. The van der Waals surface area contributed by atoms with E-state index < -0.39 is 5.97 Å². The second-order valence-corrected chi connectivity index (χ2v) is 8.80. The first kappa shape index (κ1) is 23.9. The van der Waals surface area contributed by atoms with E-state index in [0.29, 0.717) is 29.4 Å². The Labute approximate surface area is 204 Å². The Morgan fingerprint density at radius 1 is 1.12 bits per heavy atom. The van der Waals surface area contributed by atoms with E-state index in [1.807, 2.05) is 24.3 Å². The van der Waals surface area contributed by atoms with Gasteiger partial charge in [0.25, 0.3) is 0 Å². The van der Waals surface area contributed by atoms with Crippen molar-refractivity contribution in [2.45, 2.75) is 32.2 Å². The van der Waals surface area contributed by atoms with Gasteiger partial charge < -0.3 is 20.1 Å². The first-order chi connectivity index (χ1) is 16.5. The van der Waals surface area contributed by atoms with Crippen LogP contribution in [0.1, 0.15) is 29.5 Å². The molecule has 4 rings (SSSR count). The summed E-state index contributed by atoms with van der Waals surface area (Å²) in [4.78, 5) is 13.1. The Morgan fingerprint density at radius 3 is 2.71 bits per heavy atom. The van der Waals surface area contributed by atoms with Crippen LogP contribution in [0.25, 0.3) is 0 Å². The second kappa shape index (κ2) is 11.3. The number of carbonyl (C=O) groups is 1. The summed E-state index contributed by atoms with van der Waals surface area (Å²) in [6.45, 7) is 2.94. The van der Waals surface area contributed by atoms with Gasteiger partial charge in [0, 0.05) is 35.9 Å². The molecule has 0 aromatic heterocycles. The maximum atomic E-state index is 14.4. The molecule has 0 bridgehead atoms. The Balaban J connectivity index is 1.37. The molecular formula is C27H28ClFN2O3. The molecule has 0 aliphatic carbocycles. The lowest BCUT2D eigenvalue weighted by Gasteiger charge is -2.32. The molecule has 34 heavy (non-hydrogen) atoms. The van der Waals surface area contributed by atoms with Gasteiger partial charge in [-0.2, -0.15) is 0 Å². The molecule has 3 aromatic rings. The van der Waals surface area contributed by atoms with Gasteiger partial charge >= 0.3 is 5.97 Å². The van der Waals surface area contributed by atoms with Gasteiger partial charge in [0.05, 0.1) is 6.54 Å². The number of aliphatic carboxylic acids is 1. The van der Waals surface area contributed by atoms with E-state index in [2.05, 4.69) is 28.4 Å². The summed E-state index contributed by atoms with van der Waals surface area (Å²) < 4.78 is 20.2. The smallest absolute Gasteiger partial charge is 0.303 e. The van der Waals surface area contributed by atoms with Crippen molar-refractivity contribution in [3.8, 4) is 5.75 Å². The lowest BCUT2D eigenvalue weighted by Crippen LogP contribution is -2.33. The van der Waals surface area contributed by atoms with Crippen LogP contribution in [-0.2, 0) is 24.2 Å². The summed E-state index contributed by atoms with van der Waals surface area (Å²) in [5.41, 5.74) is 4.82. The lowest BCUT2D eigenvalue weighted by atomic mass is 9.96. The molecule has 1 aliphatic rings. The maximum Gasteiger partial charge on any atom is 0.303 e. The van der Waals surface area contributed by atoms with E-state index in [-0.39, 0.29) is 18.7 Å². The van der Waals surface area contributed by atoms with Crippen molar-refractivity contribution < 1.29 is 19.0 Å². The number of rotatable bonds is 10. The number of anilines is 2. The highest BCUT2D eigenvalue weighted by atomic mass is 35.5. The number of nitrogens with zero attached hydrogens (tertiary/aromatic N) is 1. The fraction of sp³-hybridized carbons (Fsp3) is 0.296. The minimum Gasteiger partial charge on any atom is -0.492 e. The van der Waals surface area contributed by atoms with Crippen LogP contribution in [0.4, 0.5) is 15.8 Å². The monoisotopic (exact) mass is 482 g/mol. The molecule has 2 N–H and O–H groups in total. The minimum absolute atomic E-state index is 0.0823. The van der Waals surface area contributed by atoms with E-state index in [0.717, 1.165) is 31.7 Å². The van der Waals surface area contributed by atoms with Crippen LogP contribution in [0.2, 0.25) is 5.02 Å². The highest BCUT2D eigenvalue weighted by molar-refractivity contribution is 6.30. The summed E-state index contributed by atoms with van der Waals surface area (Å²) >= 11 is 5.93. The quantitative estimate of drug-likeness (QED) is 0.374. The standard InChI is InChI=1S/C27H28ClFN2O3/c28-21-8-11-23(12-9-21)34-16-15-31-14-2-4-24-20(3-1-5-26(24)31)18-30-22-10-6-19(25(29)17-22)7-13-27(32)33/h1,3,5-6,8-12,17,30H,2,4,7,13-16,18H2,(H,32,33). The zero-order valence-electron chi connectivity index (χ0n) is 18.9. The van der Waals surface area contributed by atoms with Crippen molar-refractivity contribution in [1.29, 1.82) is 0 Å². The number of benzene rings is 3. The van der Waals surface area contributed by atoms with Crippen LogP contribution in [0.15, 0.2) is 60.7 Å². The van der Waals surface area contributed by atoms with Gasteiger partial charge in [-0.3, -0.25) is 4.79 Å². The van der Waals surface area contributed by atoms with Crippen LogP contribution in [0.5, 0.6) is 5.75 Å². The number of halogens is 2. The fourth-order valence-electron chi connectivity index (χ4n) is 4.27. The number of ether oxygens (including phenoxy) is 1. The molecule has 1 aliphatic heterocycles. The molecular weight excluding hydrogens is 455 g/mol. The van der Waals surface area contributed by atoms with Crippen LogP contribution in [0, 0.1) is 5.82 Å². The van der Waals surface area contributed by atoms with Crippen LogP contribution >= 0.6 is 11.6 Å². The van der Waals surface area contributed by atoms with Crippen molar-refractivity contribution in [2.24, 2.45) is 0 Å². The van der Waals surface area contributed by atoms with Gasteiger partial charge in [0.2, 0.25) is 0 Å². The van der Waals surface area contributed by atoms with Crippen molar-refractivity contribution in [1.82, 2.24) is 0 Å². The average molecular weight is 483 g/mol. The first-order valence-corrected chi connectivity index (χ1v) is 11.9. The Bertz CT molecular complexity index is 1140. The van der Waals surface area contributed by atoms with Gasteiger partial charge in [0.1, 0.15) is 18.2 Å². The zero-order valence-corrected chi connectivity index (χ0v) is 19.7. The normalized spacial score (nSPS) is 12.8. The summed E-state index contributed by atoms with van der Waals surface area (Å²) in [5.74, 6) is -0.505. The van der Waals surface area contributed by atoms with E-state index in [1.165, 1.54) is 22.9 Å². The van der Waals surface area contributed by atoms with E-state index >= 15 is 0 Å². The molecule has 7 heteroatoms. The van der Waals surface area contributed by atoms with Crippen LogP contribution in [-0.4, -0.2) is 30.8 Å². The predicted octanol–water partition coefficient (Wildman–Crippen LogP) is 5.94. The van der Waals surface area contributed by atoms with Crippen LogP contribution < -0.4 is 15.0 Å². The van der Waals surface area contributed by atoms with Crippen molar-refractivity contribution in [3.63, 3.8) is 0 Å². The Hall–Kier alpha value is -3.25. The highest BCUT2D eigenvalue weighted by Gasteiger charge is 2.19. The lowest BCUT2D eigenvalue weighted by molar-refractivity contribution is -0.136. The second-order valence-electron chi connectivity index (χ2n) is 8.36. The Kier molecular flexibility index (Phi) is 7.91. The van der Waals surface area contributed by atoms with Gasteiger partial charge in [-0.15, -0.1) is 0 Å². The number of fused-ring (bicyclic) bond motifs is 1. The third-order valence-corrected chi connectivity index (χ3v) is 6.28. The molecule has 0 atom stereocenters. The van der Waals surface area contributed by atoms with Crippen molar-refractivity contribution in [3.05, 3.63) is 88.2 Å². The van der Waals surface area contributed by atoms with E-state index in [9.17, 15) is 9.18 Å². The van der Waals surface area contributed by atoms with Gasteiger partial charge in [-0.05, 0) is 78.4 Å². The number of hydrogen-bond acceptors (Lipinski definition) is 4. The zero-order chi connectivity index (χ0) is 23.9. The van der Waals surface area contributed by atoms with Crippen molar-refractivity contribution >= 4 is 28.9 Å². The molecule has 178 valence electrons. The molecule has 0 saturated heterocycles. The van der Waals surface area contributed by atoms with E-state index in [1.54, 1.807) is 12.1 Å². The largest absolute Gasteiger partial charge is 0.492 e. The van der Waals surface area contributed by atoms with Gasteiger partial charge in [0.15, 0.2) is 0 Å². The number of carboxylic acids is 1. The topological polar surface area (TPSA) is 61.8 Å². The molecule has 0 saturated carbocycles. The summed E-state index contributed by atoms with van der Waals surface area (Å²) in [5, 5.41) is 12.8. The number of hydrogen-bond donors (Lipinski definition) is 2. The predicted molar refractivity (Wildman–Crippen MR) is 134 cm³/mol. The first-order valence-electron chi connectivity index (χ1n) is 11.5. The third kappa shape index (κ3) is 6.20. The summed E-state index contributed by atoms with van der Waals surface area (Å²) in [7, 11) is 0. The third-order valence-electron chi connectivity index (χ3n) is 6.03. The SMILES string of the molecule is O=C(O)CCc1ccc(NCc2cccc3c2CCCN3CCOc2ccc(Cl)cc2)cc1F. The van der Waals surface area contributed by atoms with Gasteiger partial charge in [-0.25, -0.2) is 4.39 Å². The highest BCUT2D eigenvalue weighted by Crippen LogP contribution is 2.30. The van der Waals surface area contributed by atoms with Gasteiger partial charge in [-0.1, -0.05) is 29.8 Å². The van der Waals surface area contributed by atoms with Crippen molar-refractivity contribution in [2.75, 3.05) is 29.9 Å². The molecule has 1 heterocycles. The number of nitrogens with one attached hydrogen (secondary N) is 1. The summed E-state index contributed by atoms with van der Waals surface area (Å²) in [6.07, 6.45) is 2.17. The number of carboxylic acid groups (broad SMARTS) is 1. The summed E-state index contributed by atoms with van der Waals surface area (Å²) in [6, 6.07) is 18.6. The molecule has 0 radical (unpaired) electrons. The molecule has 0 unspecified atom stereocenters. The molecule has 5 nitrogen and oxygen atoms in total. The number of aryl methyl sites for hydroxylation is 1. The minimum atomic E-state index is -0.930. The van der Waals surface area contributed by atoms with E-state index in [4.69, 9.17) is 21.4 Å². The molecule has 3 aromatic carbocycles. The molecule has 0 spiro atoms.